The van der Waals surface area contributed by atoms with Gasteiger partial charge in [0.25, 0.3) is 0 Å². The summed E-state index contributed by atoms with van der Waals surface area (Å²) in [4.78, 5) is 0. The minimum Gasteiger partial charge on any atom is -0.373 e. The van der Waals surface area contributed by atoms with E-state index in [1.165, 1.54) is 31.3 Å². The molecule has 1 aliphatic heterocycles. The fourth-order valence-electron chi connectivity index (χ4n) is 2.83. The Kier molecular flexibility index (Phi) is 3.44. The van der Waals surface area contributed by atoms with Crippen molar-refractivity contribution in [2.24, 2.45) is 5.84 Å². The van der Waals surface area contributed by atoms with Gasteiger partial charge in [-0.05, 0) is 45.4 Å². The number of allylic oxidation sites excluding steroid dienone is 1. The highest BCUT2D eigenvalue weighted by atomic mass is 16.5. The van der Waals surface area contributed by atoms with E-state index in [0.717, 1.165) is 19.4 Å². The van der Waals surface area contributed by atoms with Gasteiger partial charge in [-0.15, -0.1) is 0 Å². The van der Waals surface area contributed by atoms with E-state index in [1.807, 2.05) is 0 Å². The molecule has 0 radical (unpaired) electrons. The number of hydrogen-bond acceptors (Lipinski definition) is 3. The first-order valence-electron chi connectivity index (χ1n) is 6.05. The fraction of sp³-hybridized carbons (Fsp3) is 0.833. The monoisotopic (exact) mass is 210 g/mol. The van der Waals surface area contributed by atoms with E-state index >= 15 is 0 Å². The molecule has 2 unspecified atom stereocenters. The highest BCUT2D eigenvalue weighted by Crippen LogP contribution is 2.34. The first-order valence-corrected chi connectivity index (χ1v) is 6.05. The standard InChI is InChI=1S/C12H22N2O/c1-12(8-5-9-15-12)11(14-13)10-6-3-2-4-7-10/h6,11,14H,2-5,7-9,13H2,1H3. The molecule has 86 valence electrons. The molecule has 1 fully saturated rings. The van der Waals surface area contributed by atoms with Crippen LogP contribution in [0, 0.1) is 0 Å². The van der Waals surface area contributed by atoms with Crippen LogP contribution in [0.3, 0.4) is 0 Å². The molecule has 1 saturated heterocycles. The average molecular weight is 210 g/mol. The second-order valence-corrected chi connectivity index (χ2v) is 4.89. The van der Waals surface area contributed by atoms with Crippen LogP contribution >= 0.6 is 0 Å². The summed E-state index contributed by atoms with van der Waals surface area (Å²) in [5, 5.41) is 0. The van der Waals surface area contributed by atoms with Crippen molar-refractivity contribution < 1.29 is 4.74 Å². The van der Waals surface area contributed by atoms with Crippen molar-refractivity contribution in [3.05, 3.63) is 11.6 Å². The normalized spacial score (nSPS) is 33.9. The zero-order valence-electron chi connectivity index (χ0n) is 9.59. The smallest absolute Gasteiger partial charge is 0.0858 e. The van der Waals surface area contributed by atoms with Gasteiger partial charge in [0.15, 0.2) is 0 Å². The van der Waals surface area contributed by atoms with Crippen molar-refractivity contribution in [2.45, 2.75) is 57.1 Å². The predicted octanol–water partition coefficient (Wildman–Crippen LogP) is 1.89. The molecule has 0 aromatic rings. The quantitative estimate of drug-likeness (QED) is 0.425. The summed E-state index contributed by atoms with van der Waals surface area (Å²) >= 11 is 0. The van der Waals surface area contributed by atoms with Crippen molar-refractivity contribution in [3.63, 3.8) is 0 Å². The third kappa shape index (κ3) is 2.25. The van der Waals surface area contributed by atoms with Gasteiger partial charge in [0.05, 0.1) is 11.6 Å². The maximum absolute atomic E-state index is 5.86. The zero-order chi connectivity index (χ0) is 10.7. The lowest BCUT2D eigenvalue weighted by Gasteiger charge is -2.35. The first-order chi connectivity index (χ1) is 7.26. The minimum absolute atomic E-state index is 0.0854. The number of nitrogens with two attached hydrogens (primary N) is 1. The Hall–Kier alpha value is -0.380. The first kappa shape index (κ1) is 11.1. The summed E-state index contributed by atoms with van der Waals surface area (Å²) in [5.41, 5.74) is 4.33. The third-order valence-corrected chi connectivity index (χ3v) is 3.72. The molecule has 3 heteroatoms. The molecule has 1 heterocycles. The molecule has 15 heavy (non-hydrogen) atoms. The van der Waals surface area contributed by atoms with Crippen LogP contribution in [0.2, 0.25) is 0 Å². The van der Waals surface area contributed by atoms with E-state index in [9.17, 15) is 0 Å². The van der Waals surface area contributed by atoms with E-state index < -0.39 is 0 Å². The molecule has 0 amide bonds. The summed E-state index contributed by atoms with van der Waals surface area (Å²) in [6.07, 6.45) is 9.60. The minimum atomic E-state index is -0.0854. The molecule has 1 aliphatic carbocycles. The van der Waals surface area contributed by atoms with Crippen LogP contribution in [0.4, 0.5) is 0 Å². The molecular formula is C12H22N2O. The molecule has 0 bridgehead atoms. The molecule has 3 nitrogen and oxygen atoms in total. The second kappa shape index (κ2) is 4.64. The highest BCUT2D eigenvalue weighted by molar-refractivity contribution is 5.19. The Bertz CT molecular complexity index is 244. The summed E-state index contributed by atoms with van der Waals surface area (Å²) in [7, 11) is 0. The molecule has 2 rings (SSSR count). The molecule has 2 aliphatic rings. The summed E-state index contributed by atoms with van der Waals surface area (Å²) in [6, 6.07) is 0.209. The van der Waals surface area contributed by atoms with Gasteiger partial charge in [-0.3, -0.25) is 11.3 Å². The average Bonchev–Trinajstić information content (AvgIpc) is 2.68. The van der Waals surface area contributed by atoms with Crippen LogP contribution < -0.4 is 11.3 Å². The molecule has 2 atom stereocenters. The van der Waals surface area contributed by atoms with Gasteiger partial charge < -0.3 is 4.74 Å². The van der Waals surface area contributed by atoms with Gasteiger partial charge in [0.2, 0.25) is 0 Å². The second-order valence-electron chi connectivity index (χ2n) is 4.89. The van der Waals surface area contributed by atoms with E-state index in [4.69, 9.17) is 10.6 Å². The van der Waals surface area contributed by atoms with E-state index in [0.29, 0.717) is 0 Å². The van der Waals surface area contributed by atoms with Gasteiger partial charge in [-0.1, -0.05) is 11.6 Å². The van der Waals surface area contributed by atoms with Crippen LogP contribution in [0.5, 0.6) is 0 Å². The van der Waals surface area contributed by atoms with E-state index in [2.05, 4.69) is 18.4 Å². The molecule has 0 aromatic carbocycles. The number of nitrogens with one attached hydrogen (secondary N) is 1. The molecule has 0 saturated carbocycles. The predicted molar refractivity (Wildman–Crippen MR) is 61.3 cm³/mol. The van der Waals surface area contributed by atoms with Gasteiger partial charge in [0, 0.05) is 6.61 Å². The van der Waals surface area contributed by atoms with Crippen LogP contribution in [-0.2, 0) is 4.74 Å². The van der Waals surface area contributed by atoms with Gasteiger partial charge in [0.1, 0.15) is 0 Å². The molecule has 3 N–H and O–H groups in total. The Balaban J connectivity index is 2.11. The third-order valence-electron chi connectivity index (χ3n) is 3.72. The summed E-state index contributed by atoms with van der Waals surface area (Å²) in [6.45, 7) is 3.06. The van der Waals surface area contributed by atoms with Crippen LogP contribution in [0.15, 0.2) is 11.6 Å². The molecule has 0 aromatic heterocycles. The topological polar surface area (TPSA) is 47.3 Å². The Labute approximate surface area is 92.0 Å². The summed E-state index contributed by atoms with van der Waals surface area (Å²) < 4.78 is 5.86. The number of rotatable bonds is 3. The number of hydrogen-bond donors (Lipinski definition) is 2. The Morgan fingerprint density at radius 1 is 1.47 bits per heavy atom. The lowest BCUT2D eigenvalue weighted by atomic mass is 9.83. The fourth-order valence-corrected chi connectivity index (χ4v) is 2.83. The maximum Gasteiger partial charge on any atom is 0.0858 e. The molecular weight excluding hydrogens is 188 g/mol. The Morgan fingerprint density at radius 3 is 2.87 bits per heavy atom. The molecule has 0 spiro atoms. The van der Waals surface area contributed by atoms with Crippen molar-refractivity contribution in [1.29, 1.82) is 0 Å². The highest BCUT2D eigenvalue weighted by Gasteiger charge is 2.39. The van der Waals surface area contributed by atoms with Crippen LogP contribution in [0.1, 0.15) is 45.4 Å². The van der Waals surface area contributed by atoms with Crippen molar-refractivity contribution >= 4 is 0 Å². The van der Waals surface area contributed by atoms with E-state index in [1.54, 1.807) is 0 Å². The SMILES string of the molecule is CC1(C(NN)C2=CCCCC2)CCCO1. The van der Waals surface area contributed by atoms with Gasteiger partial charge >= 0.3 is 0 Å². The number of ether oxygens (including phenoxy) is 1. The van der Waals surface area contributed by atoms with Gasteiger partial charge in [-0.2, -0.15) is 0 Å². The number of hydrazine groups is 1. The van der Waals surface area contributed by atoms with Crippen LogP contribution in [-0.4, -0.2) is 18.2 Å². The van der Waals surface area contributed by atoms with Crippen molar-refractivity contribution in [3.8, 4) is 0 Å². The lowest BCUT2D eigenvalue weighted by Crippen LogP contribution is -2.52. The van der Waals surface area contributed by atoms with E-state index in [-0.39, 0.29) is 11.6 Å². The summed E-state index contributed by atoms with van der Waals surface area (Å²) in [5.74, 6) is 5.70. The zero-order valence-corrected chi connectivity index (χ0v) is 9.59. The maximum atomic E-state index is 5.86. The van der Waals surface area contributed by atoms with Crippen molar-refractivity contribution in [1.82, 2.24) is 5.43 Å². The lowest BCUT2D eigenvalue weighted by molar-refractivity contribution is -0.00282. The largest absolute Gasteiger partial charge is 0.373 e. The van der Waals surface area contributed by atoms with Crippen molar-refractivity contribution in [2.75, 3.05) is 6.61 Å². The van der Waals surface area contributed by atoms with Gasteiger partial charge in [-0.25, -0.2) is 0 Å². The Morgan fingerprint density at radius 2 is 2.33 bits per heavy atom. The van der Waals surface area contributed by atoms with Crippen LogP contribution in [0.25, 0.3) is 0 Å².